The second-order valence-corrected chi connectivity index (χ2v) is 5.19. The molecular weight excluding hydrogens is 329 g/mol. The molecule has 2 atom stereocenters. The van der Waals surface area contributed by atoms with Crippen LogP contribution in [0.15, 0.2) is 18.2 Å². The minimum absolute atomic E-state index is 0.163. The number of methoxy groups -OCH3 is 2. The first-order valence-corrected chi connectivity index (χ1v) is 7.01. The number of nitrogens with one attached hydrogen (secondary N) is 2. The Labute approximate surface area is 136 Å². The van der Waals surface area contributed by atoms with E-state index in [4.69, 9.17) is 9.47 Å². The molecule has 0 spiro atoms. The summed E-state index contributed by atoms with van der Waals surface area (Å²) in [7, 11) is 2.73. The van der Waals surface area contributed by atoms with Crippen molar-refractivity contribution in [1.82, 2.24) is 10.6 Å². The van der Waals surface area contributed by atoms with Gasteiger partial charge in [-0.25, -0.2) is 4.79 Å². The molecular formula is C15H17F3N2O4. The number of rotatable bonds is 4. The topological polar surface area (TPSA) is 79.8 Å². The molecule has 1 fully saturated rings. The molecule has 0 aliphatic carbocycles. The molecule has 0 bridgehead atoms. The van der Waals surface area contributed by atoms with Gasteiger partial charge in [-0.15, -0.1) is 0 Å². The maximum absolute atomic E-state index is 12.8. The van der Waals surface area contributed by atoms with E-state index in [1.807, 2.05) is 5.32 Å². The maximum atomic E-state index is 12.8. The van der Waals surface area contributed by atoms with Gasteiger partial charge in [0.15, 0.2) is 11.5 Å². The summed E-state index contributed by atoms with van der Waals surface area (Å²) in [6.07, 6.45) is -1.86. The minimum atomic E-state index is -4.51. The molecule has 0 aromatic heterocycles. The smallest absolute Gasteiger partial charge is 0.408 e. The fourth-order valence-corrected chi connectivity index (χ4v) is 2.32. The molecule has 0 radical (unpaired) electrons. The third-order valence-electron chi connectivity index (χ3n) is 3.53. The molecule has 2 amide bonds. The van der Waals surface area contributed by atoms with Gasteiger partial charge in [-0.05, 0) is 17.7 Å². The quantitative estimate of drug-likeness (QED) is 0.782. The number of benzene rings is 1. The number of hydrogen-bond donors (Lipinski definition) is 3. The molecule has 1 heterocycles. The van der Waals surface area contributed by atoms with Crippen LogP contribution in [0.25, 0.3) is 6.08 Å². The summed E-state index contributed by atoms with van der Waals surface area (Å²) in [5.74, 6) is 0.150. The van der Waals surface area contributed by atoms with Gasteiger partial charge in [-0.2, -0.15) is 13.2 Å². The van der Waals surface area contributed by atoms with Crippen molar-refractivity contribution in [3.05, 3.63) is 23.8 Å². The van der Waals surface area contributed by atoms with E-state index in [2.05, 4.69) is 5.32 Å². The number of carbonyl (C=O) groups is 1. The lowest BCUT2D eigenvalue weighted by Gasteiger charge is -2.30. The molecule has 9 heteroatoms. The van der Waals surface area contributed by atoms with Crippen molar-refractivity contribution in [2.24, 2.45) is 0 Å². The summed E-state index contributed by atoms with van der Waals surface area (Å²) in [5, 5.41) is 14.1. The average molecular weight is 346 g/mol. The Bertz CT molecular complexity index is 621. The van der Waals surface area contributed by atoms with Crippen molar-refractivity contribution >= 4 is 12.1 Å². The monoisotopic (exact) mass is 346 g/mol. The lowest BCUT2D eigenvalue weighted by molar-refractivity contribution is -0.157. The van der Waals surface area contributed by atoms with Crippen LogP contribution in [0.2, 0.25) is 0 Å². The summed E-state index contributed by atoms with van der Waals surface area (Å²) in [6.45, 7) is 0. The van der Waals surface area contributed by atoms with E-state index in [0.29, 0.717) is 5.56 Å². The van der Waals surface area contributed by atoms with Crippen LogP contribution in [0.1, 0.15) is 12.0 Å². The number of phenols is 1. The highest BCUT2D eigenvalue weighted by Crippen LogP contribution is 2.37. The summed E-state index contributed by atoms with van der Waals surface area (Å²) in [4.78, 5) is 11.4. The van der Waals surface area contributed by atoms with Gasteiger partial charge in [-0.1, -0.05) is 12.2 Å². The maximum Gasteiger partial charge on any atom is 0.408 e. The third kappa shape index (κ3) is 4.03. The molecule has 1 aliphatic heterocycles. The lowest BCUT2D eigenvalue weighted by Crippen LogP contribution is -2.58. The van der Waals surface area contributed by atoms with Crippen LogP contribution in [0, 0.1) is 0 Å². The first-order valence-electron chi connectivity index (χ1n) is 7.01. The molecule has 1 aromatic carbocycles. The Morgan fingerprint density at radius 2 is 1.79 bits per heavy atom. The number of hydrogen-bond acceptors (Lipinski definition) is 4. The predicted molar refractivity (Wildman–Crippen MR) is 80.2 cm³/mol. The molecule has 6 nitrogen and oxygen atoms in total. The van der Waals surface area contributed by atoms with Crippen molar-refractivity contribution in [3.63, 3.8) is 0 Å². The number of phenolic OH excluding ortho intramolecular Hbond substituents is 1. The molecule has 132 valence electrons. The Kier molecular flexibility index (Phi) is 5.10. The van der Waals surface area contributed by atoms with Crippen molar-refractivity contribution in [3.8, 4) is 17.2 Å². The number of amides is 2. The van der Waals surface area contributed by atoms with Crippen LogP contribution < -0.4 is 20.1 Å². The van der Waals surface area contributed by atoms with Gasteiger partial charge in [-0.3, -0.25) is 0 Å². The standard InChI is InChI=1S/C15H17F3N2O4/c1-23-10-5-8(6-11(24-2)13(10)21)3-4-9-7-12(15(16,17)18)20-14(22)19-9/h3-6,9,12,21H,7H2,1-2H3,(H2,19,20,22)/b4-3+. The zero-order chi connectivity index (χ0) is 17.9. The first-order chi connectivity index (χ1) is 11.2. The fourth-order valence-electron chi connectivity index (χ4n) is 2.32. The third-order valence-corrected chi connectivity index (χ3v) is 3.53. The Morgan fingerprint density at radius 3 is 2.29 bits per heavy atom. The van der Waals surface area contributed by atoms with Gasteiger partial charge in [0.1, 0.15) is 6.04 Å². The van der Waals surface area contributed by atoms with Crippen molar-refractivity contribution < 1.29 is 32.5 Å². The Morgan fingerprint density at radius 1 is 1.21 bits per heavy atom. The number of carbonyl (C=O) groups excluding carboxylic acids is 1. The predicted octanol–water partition coefficient (Wildman–Crippen LogP) is 2.43. The van der Waals surface area contributed by atoms with E-state index in [-0.39, 0.29) is 23.7 Å². The van der Waals surface area contributed by atoms with E-state index >= 15 is 0 Å². The zero-order valence-corrected chi connectivity index (χ0v) is 13.0. The van der Waals surface area contributed by atoms with E-state index in [9.17, 15) is 23.1 Å². The van der Waals surface area contributed by atoms with Gasteiger partial charge >= 0.3 is 12.2 Å². The molecule has 2 rings (SSSR count). The highest BCUT2D eigenvalue weighted by atomic mass is 19.4. The number of alkyl halides is 3. The minimum Gasteiger partial charge on any atom is -0.502 e. The highest BCUT2D eigenvalue weighted by Gasteiger charge is 2.44. The van der Waals surface area contributed by atoms with Gasteiger partial charge < -0.3 is 25.2 Å². The highest BCUT2D eigenvalue weighted by molar-refractivity contribution is 5.76. The second kappa shape index (κ2) is 6.90. The Balaban J connectivity index is 2.19. The van der Waals surface area contributed by atoms with Crippen molar-refractivity contribution in [1.29, 1.82) is 0 Å². The normalized spacial score (nSPS) is 21.3. The molecule has 1 saturated heterocycles. The first kappa shape index (κ1) is 17.8. The largest absolute Gasteiger partial charge is 0.502 e. The van der Waals surface area contributed by atoms with Gasteiger partial charge in [0.25, 0.3) is 0 Å². The molecule has 0 saturated carbocycles. The average Bonchev–Trinajstić information content (AvgIpc) is 2.52. The molecule has 1 aliphatic rings. The summed E-state index contributed by atoms with van der Waals surface area (Å²) in [6, 6.07) is -0.559. The van der Waals surface area contributed by atoms with Crippen LogP contribution in [0.5, 0.6) is 17.2 Å². The Hall–Kier alpha value is -2.58. The molecule has 2 unspecified atom stereocenters. The molecule has 1 aromatic rings. The zero-order valence-electron chi connectivity index (χ0n) is 13.0. The van der Waals surface area contributed by atoms with Crippen molar-refractivity contribution in [2.75, 3.05) is 14.2 Å². The summed E-state index contributed by atoms with van der Waals surface area (Å²) < 4.78 is 48.3. The fraction of sp³-hybridized carbons (Fsp3) is 0.400. The molecule has 3 N–H and O–H groups in total. The summed E-state index contributed by atoms with van der Waals surface area (Å²) >= 11 is 0. The van der Waals surface area contributed by atoms with Crippen LogP contribution in [0.4, 0.5) is 18.0 Å². The van der Waals surface area contributed by atoms with Crippen molar-refractivity contribution in [2.45, 2.75) is 24.7 Å². The van der Waals surface area contributed by atoms with Crippen LogP contribution in [0.3, 0.4) is 0 Å². The van der Waals surface area contributed by atoms with Gasteiger partial charge in [0.2, 0.25) is 5.75 Å². The second-order valence-electron chi connectivity index (χ2n) is 5.19. The van der Waals surface area contributed by atoms with Crippen LogP contribution in [-0.4, -0.2) is 43.6 Å². The summed E-state index contributed by atoms with van der Waals surface area (Å²) in [5.41, 5.74) is 0.540. The van der Waals surface area contributed by atoms with E-state index < -0.39 is 24.3 Å². The SMILES string of the molecule is COc1cc(/C=C/C2CC(C(F)(F)F)NC(=O)N2)cc(OC)c1O. The molecule has 24 heavy (non-hydrogen) atoms. The van der Waals surface area contributed by atoms with E-state index in [0.717, 1.165) is 0 Å². The van der Waals surface area contributed by atoms with Crippen LogP contribution in [-0.2, 0) is 0 Å². The van der Waals surface area contributed by atoms with Crippen LogP contribution >= 0.6 is 0 Å². The number of ether oxygens (including phenoxy) is 2. The van der Waals surface area contributed by atoms with E-state index in [1.54, 1.807) is 0 Å². The number of halogens is 3. The lowest BCUT2D eigenvalue weighted by atomic mass is 10.0. The number of urea groups is 1. The number of aromatic hydroxyl groups is 1. The van der Waals surface area contributed by atoms with E-state index in [1.165, 1.54) is 38.5 Å². The van der Waals surface area contributed by atoms with Gasteiger partial charge in [0, 0.05) is 6.42 Å². The van der Waals surface area contributed by atoms with Gasteiger partial charge in [0.05, 0.1) is 20.3 Å².